The van der Waals surface area contributed by atoms with Gasteiger partial charge in [-0.3, -0.25) is 9.69 Å². The quantitative estimate of drug-likeness (QED) is 0.505. The van der Waals surface area contributed by atoms with E-state index in [0.717, 1.165) is 38.4 Å². The fourth-order valence-corrected chi connectivity index (χ4v) is 3.66. The van der Waals surface area contributed by atoms with Crippen LogP contribution < -0.4 is 4.74 Å². The van der Waals surface area contributed by atoms with Gasteiger partial charge in [0.2, 0.25) is 0 Å². The molecule has 2 aromatic carbocycles. The summed E-state index contributed by atoms with van der Waals surface area (Å²) in [6.45, 7) is 6.58. The van der Waals surface area contributed by atoms with Gasteiger partial charge in [0.1, 0.15) is 12.2 Å². The predicted molar refractivity (Wildman–Crippen MR) is 113 cm³/mol. The van der Waals surface area contributed by atoms with E-state index in [2.05, 4.69) is 17.0 Å². The number of carbonyl (C=O) groups excluding carboxylic acids is 1. The van der Waals surface area contributed by atoms with E-state index in [0.29, 0.717) is 11.1 Å². The Kier molecular flexibility index (Phi) is 6.84. The number of carbonyl (C=O) groups is 1. The molecule has 6 nitrogen and oxygen atoms in total. The van der Waals surface area contributed by atoms with Gasteiger partial charge in [0.25, 0.3) is 0 Å². The third kappa shape index (κ3) is 5.24. The largest absolute Gasteiger partial charge is 0.486 e. The lowest BCUT2D eigenvalue weighted by atomic mass is 10.1. The van der Waals surface area contributed by atoms with Gasteiger partial charge < -0.3 is 18.6 Å². The molecule has 0 aliphatic carbocycles. The number of esters is 1. The predicted octanol–water partition coefficient (Wildman–Crippen LogP) is 4.09. The molecule has 7 heteroatoms. The summed E-state index contributed by atoms with van der Waals surface area (Å²) in [5.74, 6) is -0.834. The first-order valence-corrected chi connectivity index (χ1v) is 10.5. The van der Waals surface area contributed by atoms with E-state index in [4.69, 9.17) is 18.6 Å². The minimum Gasteiger partial charge on any atom is -0.486 e. The van der Waals surface area contributed by atoms with E-state index in [9.17, 15) is 4.79 Å². The Hall–Kier alpha value is -2.90. The van der Waals surface area contributed by atoms with Crippen LogP contribution in [-0.4, -0.2) is 43.8 Å². The van der Waals surface area contributed by atoms with Gasteiger partial charge in [-0.25, -0.2) is 4.39 Å². The summed E-state index contributed by atoms with van der Waals surface area (Å²) >= 11 is 0. The topological polar surface area (TPSA) is 61.1 Å². The maximum absolute atomic E-state index is 15.1. The number of rotatable bonds is 8. The lowest BCUT2D eigenvalue weighted by molar-refractivity contribution is -0.142. The van der Waals surface area contributed by atoms with Crippen molar-refractivity contribution < 1.29 is 27.8 Å². The number of halogens is 1. The van der Waals surface area contributed by atoms with E-state index >= 15 is 4.39 Å². The zero-order chi connectivity index (χ0) is 21.6. The lowest BCUT2D eigenvalue weighted by Gasteiger charge is -2.26. The number of benzene rings is 2. The van der Waals surface area contributed by atoms with Gasteiger partial charge in [-0.05, 0) is 30.2 Å². The molecule has 0 atom stereocenters. The smallest absolute Gasteiger partial charge is 0.310 e. The van der Waals surface area contributed by atoms with Gasteiger partial charge in [0, 0.05) is 25.2 Å². The summed E-state index contributed by atoms with van der Waals surface area (Å²) in [5.41, 5.74) is 2.99. The van der Waals surface area contributed by atoms with E-state index in [1.54, 1.807) is 19.1 Å². The van der Waals surface area contributed by atoms with Crippen LogP contribution in [0.25, 0.3) is 11.0 Å². The van der Waals surface area contributed by atoms with Crippen LogP contribution in [0.4, 0.5) is 4.39 Å². The molecule has 1 fully saturated rings. The summed E-state index contributed by atoms with van der Waals surface area (Å²) < 4.78 is 36.5. The molecule has 0 saturated carbocycles. The second-order valence-electron chi connectivity index (χ2n) is 7.49. The van der Waals surface area contributed by atoms with Crippen molar-refractivity contribution in [2.24, 2.45) is 0 Å². The molecule has 0 unspecified atom stereocenters. The first kappa shape index (κ1) is 21.3. The lowest BCUT2D eigenvalue weighted by Crippen LogP contribution is -2.35. The third-order valence-electron chi connectivity index (χ3n) is 5.28. The molecular formula is C24H26FNO5. The molecule has 1 aromatic heterocycles. The molecule has 2 heterocycles. The molecule has 31 heavy (non-hydrogen) atoms. The van der Waals surface area contributed by atoms with E-state index in [-0.39, 0.29) is 30.8 Å². The number of nitrogens with zero attached hydrogens (tertiary/aromatic N) is 1. The molecule has 3 aromatic rings. The average molecular weight is 427 g/mol. The Bertz CT molecular complexity index is 1020. The monoisotopic (exact) mass is 427 g/mol. The highest BCUT2D eigenvalue weighted by molar-refractivity contribution is 5.87. The van der Waals surface area contributed by atoms with Gasteiger partial charge in [-0.15, -0.1) is 0 Å². The number of hydrogen-bond donors (Lipinski definition) is 0. The van der Waals surface area contributed by atoms with Gasteiger partial charge in [0.05, 0.1) is 37.9 Å². The molecule has 0 radical (unpaired) electrons. The van der Waals surface area contributed by atoms with E-state index in [1.807, 2.05) is 12.1 Å². The van der Waals surface area contributed by atoms with E-state index in [1.165, 1.54) is 11.8 Å². The van der Waals surface area contributed by atoms with Gasteiger partial charge in [-0.1, -0.05) is 24.3 Å². The van der Waals surface area contributed by atoms with Crippen LogP contribution in [0.5, 0.6) is 5.75 Å². The second-order valence-corrected chi connectivity index (χ2v) is 7.49. The summed E-state index contributed by atoms with van der Waals surface area (Å²) in [6.07, 6.45) is 1.34. The van der Waals surface area contributed by atoms with Crippen LogP contribution in [0.15, 0.2) is 47.1 Å². The third-order valence-corrected chi connectivity index (χ3v) is 5.28. The molecule has 0 bridgehead atoms. The van der Waals surface area contributed by atoms with Crippen LogP contribution in [0.1, 0.15) is 23.6 Å². The van der Waals surface area contributed by atoms with E-state index < -0.39 is 11.8 Å². The van der Waals surface area contributed by atoms with Gasteiger partial charge >= 0.3 is 5.97 Å². The highest BCUT2D eigenvalue weighted by Gasteiger charge is 2.18. The standard InChI is InChI=1S/C24H26FNO5/c1-2-29-22(27)13-19-16-31-20-7-8-21(24(25)23(19)20)30-15-18-5-3-17(4-6-18)14-26-9-11-28-12-10-26/h3-8,16H,2,9-15H2,1H3. The van der Waals surface area contributed by atoms with Crippen molar-refractivity contribution in [1.29, 1.82) is 0 Å². The molecule has 0 spiro atoms. The normalized spacial score (nSPS) is 14.6. The summed E-state index contributed by atoms with van der Waals surface area (Å²) in [5, 5.41) is 0.256. The Morgan fingerprint density at radius 3 is 2.58 bits per heavy atom. The van der Waals surface area contributed by atoms with Gasteiger partial charge in [0.15, 0.2) is 11.6 Å². The minimum absolute atomic E-state index is 0.0498. The Morgan fingerprint density at radius 1 is 1.10 bits per heavy atom. The van der Waals surface area contributed by atoms with Gasteiger partial charge in [-0.2, -0.15) is 0 Å². The first-order chi connectivity index (χ1) is 15.1. The maximum atomic E-state index is 15.1. The number of hydrogen-bond acceptors (Lipinski definition) is 6. The highest BCUT2D eigenvalue weighted by Crippen LogP contribution is 2.31. The molecule has 0 amide bonds. The SMILES string of the molecule is CCOC(=O)Cc1coc2ccc(OCc3ccc(CN4CCOCC4)cc3)c(F)c12. The zero-order valence-electron chi connectivity index (χ0n) is 17.6. The second kappa shape index (κ2) is 9.94. The molecule has 4 rings (SSSR count). The summed E-state index contributed by atoms with van der Waals surface area (Å²) in [6, 6.07) is 11.3. The number of fused-ring (bicyclic) bond motifs is 1. The van der Waals surface area contributed by atoms with Crippen molar-refractivity contribution in [3.63, 3.8) is 0 Å². The average Bonchev–Trinajstić information content (AvgIpc) is 3.18. The van der Waals surface area contributed by atoms with Crippen LogP contribution >= 0.6 is 0 Å². The molecule has 0 N–H and O–H groups in total. The maximum Gasteiger partial charge on any atom is 0.310 e. The van der Waals surface area contributed by atoms with Crippen molar-refractivity contribution in [2.45, 2.75) is 26.5 Å². The van der Waals surface area contributed by atoms with Crippen molar-refractivity contribution in [3.05, 3.63) is 65.2 Å². The van der Waals surface area contributed by atoms with Crippen molar-refractivity contribution in [2.75, 3.05) is 32.9 Å². The van der Waals surface area contributed by atoms with Crippen LogP contribution in [0.3, 0.4) is 0 Å². The number of ether oxygens (including phenoxy) is 3. The summed E-state index contributed by atoms with van der Waals surface area (Å²) in [4.78, 5) is 14.1. The zero-order valence-corrected chi connectivity index (χ0v) is 17.6. The molecular weight excluding hydrogens is 401 g/mol. The number of furan rings is 1. The highest BCUT2D eigenvalue weighted by atomic mass is 19.1. The first-order valence-electron chi connectivity index (χ1n) is 10.5. The Morgan fingerprint density at radius 2 is 1.84 bits per heavy atom. The Labute approximate surface area is 180 Å². The van der Waals surface area contributed by atoms with Crippen molar-refractivity contribution >= 4 is 16.9 Å². The van der Waals surface area contributed by atoms with Crippen LogP contribution in [0, 0.1) is 5.82 Å². The molecule has 1 aliphatic heterocycles. The minimum atomic E-state index is -0.533. The Balaban J connectivity index is 1.41. The van der Waals surface area contributed by atoms with Crippen LogP contribution in [-0.2, 0) is 33.8 Å². The summed E-state index contributed by atoms with van der Waals surface area (Å²) in [7, 11) is 0. The van der Waals surface area contributed by atoms with Crippen LogP contribution in [0.2, 0.25) is 0 Å². The molecule has 1 aliphatic rings. The van der Waals surface area contributed by atoms with Crippen molar-refractivity contribution in [1.82, 2.24) is 4.90 Å². The molecule has 1 saturated heterocycles. The molecule has 164 valence electrons. The fraction of sp³-hybridized carbons (Fsp3) is 0.375. The van der Waals surface area contributed by atoms with Crippen molar-refractivity contribution in [3.8, 4) is 5.75 Å². The number of morpholine rings is 1. The fourth-order valence-electron chi connectivity index (χ4n) is 3.66.